The van der Waals surface area contributed by atoms with Gasteiger partial charge in [0.05, 0.1) is 10.8 Å². The van der Waals surface area contributed by atoms with Gasteiger partial charge in [-0.15, -0.1) is 0 Å². The van der Waals surface area contributed by atoms with Crippen molar-refractivity contribution in [3.05, 3.63) is 28.1 Å². The van der Waals surface area contributed by atoms with Crippen LogP contribution in [-0.2, 0) is 10.7 Å². The molecule has 0 aliphatic carbocycles. The number of alkyl halides is 5. The SMILES string of the molecule is O=C(O)C1CCN(c2cc(C(F)(F)C(F)(F)F)ncc2[N+](=O)[O-])CC1. The van der Waals surface area contributed by atoms with Crippen molar-refractivity contribution in [3.63, 3.8) is 0 Å². The second-order valence-electron chi connectivity index (χ2n) is 5.49. The molecule has 1 aromatic heterocycles. The van der Waals surface area contributed by atoms with Crippen molar-refractivity contribution in [2.24, 2.45) is 5.92 Å². The first-order chi connectivity index (χ1) is 11.4. The highest BCUT2D eigenvalue weighted by Crippen LogP contribution is 2.45. The molecule has 0 amide bonds. The van der Waals surface area contributed by atoms with Crippen LogP contribution >= 0.6 is 0 Å². The van der Waals surface area contributed by atoms with Gasteiger partial charge in [-0.05, 0) is 18.9 Å². The minimum absolute atomic E-state index is 0.0289. The molecule has 0 unspecified atom stereocenters. The summed E-state index contributed by atoms with van der Waals surface area (Å²) in [5, 5.41) is 19.9. The predicted octanol–water partition coefficient (Wildman–Crippen LogP) is 2.94. The van der Waals surface area contributed by atoms with Gasteiger partial charge in [0.15, 0.2) is 0 Å². The third-order valence-electron chi connectivity index (χ3n) is 3.92. The predicted molar refractivity (Wildman–Crippen MR) is 73.4 cm³/mol. The van der Waals surface area contributed by atoms with Crippen molar-refractivity contribution in [3.8, 4) is 0 Å². The van der Waals surface area contributed by atoms with Crippen LogP contribution in [0.3, 0.4) is 0 Å². The molecule has 25 heavy (non-hydrogen) atoms. The molecule has 12 heteroatoms. The number of nitrogens with zero attached hydrogens (tertiary/aromatic N) is 3. The van der Waals surface area contributed by atoms with Crippen LogP contribution in [0.5, 0.6) is 0 Å². The molecule has 2 heterocycles. The highest BCUT2D eigenvalue weighted by Gasteiger charge is 2.60. The van der Waals surface area contributed by atoms with Crippen LogP contribution in [0.4, 0.5) is 33.3 Å². The number of pyridine rings is 1. The smallest absolute Gasteiger partial charge is 0.459 e. The third-order valence-corrected chi connectivity index (χ3v) is 3.92. The van der Waals surface area contributed by atoms with Gasteiger partial charge < -0.3 is 10.0 Å². The fraction of sp³-hybridized carbons (Fsp3) is 0.538. The molecule has 1 N–H and O–H groups in total. The standard InChI is InChI=1S/C13H12F5N3O4/c14-12(15,13(16,17)18)10-5-8(9(6-19-10)21(24)25)20-3-1-7(2-4-20)11(22)23/h5-7H,1-4H2,(H,22,23). The maximum Gasteiger partial charge on any atom is 0.459 e. The van der Waals surface area contributed by atoms with E-state index in [1.807, 2.05) is 0 Å². The summed E-state index contributed by atoms with van der Waals surface area (Å²) in [6.07, 6.45) is -5.38. The van der Waals surface area contributed by atoms with E-state index in [4.69, 9.17) is 5.11 Å². The lowest BCUT2D eigenvalue weighted by Crippen LogP contribution is -2.38. The quantitative estimate of drug-likeness (QED) is 0.498. The summed E-state index contributed by atoms with van der Waals surface area (Å²) in [6.45, 7) is -0.0578. The van der Waals surface area contributed by atoms with E-state index in [1.54, 1.807) is 0 Å². The Balaban J connectivity index is 2.40. The Labute approximate surface area is 137 Å². The average Bonchev–Trinajstić information content (AvgIpc) is 2.53. The first-order valence-electron chi connectivity index (χ1n) is 7.02. The fourth-order valence-electron chi connectivity index (χ4n) is 2.52. The molecule has 2 rings (SSSR count). The lowest BCUT2D eigenvalue weighted by atomic mass is 9.96. The first kappa shape index (κ1) is 18.8. The topological polar surface area (TPSA) is 96.6 Å². The largest absolute Gasteiger partial charge is 0.481 e. The zero-order chi connectivity index (χ0) is 19.0. The summed E-state index contributed by atoms with van der Waals surface area (Å²) in [5.74, 6) is -7.03. The molecule has 0 aromatic carbocycles. The van der Waals surface area contributed by atoms with Crippen molar-refractivity contribution in [2.75, 3.05) is 18.0 Å². The van der Waals surface area contributed by atoms with Crippen LogP contribution in [-0.4, -0.2) is 40.2 Å². The Morgan fingerprint density at radius 3 is 2.28 bits per heavy atom. The monoisotopic (exact) mass is 369 g/mol. The average molecular weight is 369 g/mol. The summed E-state index contributed by atoms with van der Waals surface area (Å²) < 4.78 is 64.4. The lowest BCUT2D eigenvalue weighted by molar-refractivity contribution is -0.384. The van der Waals surface area contributed by atoms with Crippen molar-refractivity contribution >= 4 is 17.3 Å². The van der Waals surface area contributed by atoms with Crippen molar-refractivity contribution in [1.29, 1.82) is 0 Å². The Morgan fingerprint density at radius 2 is 1.84 bits per heavy atom. The van der Waals surface area contributed by atoms with E-state index >= 15 is 0 Å². The third kappa shape index (κ3) is 3.61. The number of aliphatic carboxylic acids is 1. The van der Waals surface area contributed by atoms with Crippen molar-refractivity contribution in [2.45, 2.75) is 24.9 Å². The second kappa shape index (κ2) is 6.41. The summed E-state index contributed by atoms with van der Waals surface area (Å²) in [5.41, 5.74) is -2.82. The van der Waals surface area contributed by atoms with Crippen LogP contribution in [0.25, 0.3) is 0 Å². The number of carboxylic acid groups (broad SMARTS) is 1. The summed E-state index contributed by atoms with van der Waals surface area (Å²) in [6, 6.07) is 0.340. The van der Waals surface area contributed by atoms with Gasteiger partial charge >= 0.3 is 23.8 Å². The minimum atomic E-state index is -5.90. The van der Waals surface area contributed by atoms with Gasteiger partial charge in [0.25, 0.3) is 0 Å². The van der Waals surface area contributed by atoms with Crippen LogP contribution in [0.1, 0.15) is 18.5 Å². The number of hydrogen-bond donors (Lipinski definition) is 1. The molecule has 0 bridgehead atoms. The molecule has 1 saturated heterocycles. The lowest BCUT2D eigenvalue weighted by Gasteiger charge is -2.32. The highest BCUT2D eigenvalue weighted by atomic mass is 19.4. The summed E-state index contributed by atoms with van der Waals surface area (Å²) in [4.78, 5) is 25.1. The minimum Gasteiger partial charge on any atom is -0.481 e. The van der Waals surface area contributed by atoms with Gasteiger partial charge in [0.2, 0.25) is 0 Å². The van der Waals surface area contributed by atoms with Crippen LogP contribution < -0.4 is 4.90 Å². The van der Waals surface area contributed by atoms with Gasteiger partial charge in [-0.3, -0.25) is 14.9 Å². The van der Waals surface area contributed by atoms with E-state index in [0.29, 0.717) is 12.3 Å². The molecule has 1 aliphatic rings. The summed E-state index contributed by atoms with van der Waals surface area (Å²) >= 11 is 0. The number of halogens is 5. The number of rotatable bonds is 4. The zero-order valence-corrected chi connectivity index (χ0v) is 12.5. The zero-order valence-electron chi connectivity index (χ0n) is 12.5. The van der Waals surface area contributed by atoms with Gasteiger partial charge in [-0.1, -0.05) is 0 Å². The number of aromatic nitrogens is 1. The number of anilines is 1. The van der Waals surface area contributed by atoms with Gasteiger partial charge in [0.1, 0.15) is 17.6 Å². The molecule has 0 radical (unpaired) electrons. The van der Waals surface area contributed by atoms with Crippen LogP contribution in [0.2, 0.25) is 0 Å². The fourth-order valence-corrected chi connectivity index (χ4v) is 2.52. The van der Waals surface area contributed by atoms with Gasteiger partial charge in [-0.25, -0.2) is 4.98 Å². The maximum absolute atomic E-state index is 13.5. The normalized spacial score (nSPS) is 16.8. The second-order valence-corrected chi connectivity index (χ2v) is 5.49. The van der Waals surface area contributed by atoms with E-state index in [-0.39, 0.29) is 25.9 Å². The van der Waals surface area contributed by atoms with E-state index in [1.165, 1.54) is 4.90 Å². The van der Waals surface area contributed by atoms with Gasteiger partial charge in [-0.2, -0.15) is 22.0 Å². The maximum atomic E-state index is 13.5. The van der Waals surface area contributed by atoms with Gasteiger partial charge in [0, 0.05) is 13.1 Å². The number of carboxylic acids is 1. The summed E-state index contributed by atoms with van der Waals surface area (Å²) in [7, 11) is 0. The first-order valence-corrected chi connectivity index (χ1v) is 7.02. The Kier molecular flexibility index (Phi) is 4.82. The Bertz CT molecular complexity index is 687. The number of nitro groups is 1. The van der Waals surface area contributed by atoms with Crippen LogP contribution in [0.15, 0.2) is 12.3 Å². The van der Waals surface area contributed by atoms with Crippen LogP contribution in [0, 0.1) is 16.0 Å². The number of piperidine rings is 1. The molecule has 138 valence electrons. The molecule has 0 spiro atoms. The number of carbonyl (C=O) groups is 1. The van der Waals surface area contributed by atoms with E-state index in [9.17, 15) is 36.9 Å². The van der Waals surface area contributed by atoms with Crippen molar-refractivity contribution in [1.82, 2.24) is 4.98 Å². The molecular formula is C13H12F5N3O4. The molecule has 0 saturated carbocycles. The molecule has 0 atom stereocenters. The van der Waals surface area contributed by atoms with E-state index in [2.05, 4.69) is 4.98 Å². The molecule has 7 nitrogen and oxygen atoms in total. The van der Waals surface area contributed by atoms with E-state index in [0.717, 1.165) is 0 Å². The Morgan fingerprint density at radius 1 is 1.28 bits per heavy atom. The molecule has 1 aliphatic heterocycles. The molecular weight excluding hydrogens is 357 g/mol. The molecule has 1 fully saturated rings. The highest BCUT2D eigenvalue weighted by molar-refractivity contribution is 5.71. The van der Waals surface area contributed by atoms with E-state index < -0.39 is 46.0 Å². The molecule has 1 aromatic rings. The van der Waals surface area contributed by atoms with Crippen molar-refractivity contribution < 1.29 is 36.8 Å². The Hall–Kier alpha value is -2.53. The number of hydrogen-bond acceptors (Lipinski definition) is 5.